The summed E-state index contributed by atoms with van der Waals surface area (Å²) in [6.07, 6.45) is 6.74. The number of aromatic nitrogens is 2. The number of anilines is 1. The van der Waals surface area contributed by atoms with E-state index in [9.17, 15) is 8.42 Å². The molecule has 4 rings (SSSR count). The van der Waals surface area contributed by atoms with Crippen LogP contribution in [0.5, 0.6) is 0 Å². The second-order valence-corrected chi connectivity index (χ2v) is 11.1. The smallest absolute Gasteiger partial charge is 0.279 e. The van der Waals surface area contributed by atoms with Gasteiger partial charge >= 0.3 is 0 Å². The third kappa shape index (κ3) is 4.46. The Morgan fingerprint density at radius 2 is 2.03 bits per heavy atom. The van der Waals surface area contributed by atoms with Gasteiger partial charge in [0.1, 0.15) is 17.0 Å². The third-order valence-corrected chi connectivity index (χ3v) is 8.86. The summed E-state index contributed by atoms with van der Waals surface area (Å²) >= 11 is 1.63. The summed E-state index contributed by atoms with van der Waals surface area (Å²) in [5, 5.41) is 13.5. The van der Waals surface area contributed by atoms with Crippen LogP contribution >= 0.6 is 11.3 Å². The topological polar surface area (TPSA) is 111 Å². The van der Waals surface area contributed by atoms with E-state index in [0.29, 0.717) is 31.6 Å². The van der Waals surface area contributed by atoms with Crippen molar-refractivity contribution in [2.75, 3.05) is 39.1 Å². The predicted octanol–water partition coefficient (Wildman–Crippen LogP) is 1.16. The van der Waals surface area contributed by atoms with Crippen molar-refractivity contribution in [1.29, 1.82) is 0 Å². The first-order valence-electron chi connectivity index (χ1n) is 10.4. The van der Waals surface area contributed by atoms with Crippen LogP contribution < -0.4 is 10.0 Å². The molecule has 0 aromatic carbocycles. The molecule has 3 heterocycles. The van der Waals surface area contributed by atoms with Gasteiger partial charge < -0.3 is 15.3 Å². The van der Waals surface area contributed by atoms with Crippen LogP contribution in [0.3, 0.4) is 0 Å². The lowest BCUT2D eigenvalue weighted by atomic mass is 9.90. The van der Waals surface area contributed by atoms with Crippen molar-refractivity contribution >= 4 is 37.6 Å². The lowest BCUT2D eigenvalue weighted by Crippen LogP contribution is -2.43. The van der Waals surface area contributed by atoms with E-state index in [0.717, 1.165) is 47.3 Å². The minimum atomic E-state index is -3.63. The molecular weight excluding hydrogens is 424 g/mol. The van der Waals surface area contributed by atoms with Gasteiger partial charge in [0.05, 0.1) is 12.0 Å². The van der Waals surface area contributed by atoms with E-state index in [1.165, 1.54) is 9.18 Å². The Kier molecular flexibility index (Phi) is 6.56. The maximum atomic E-state index is 12.6. The van der Waals surface area contributed by atoms with Crippen LogP contribution in [-0.2, 0) is 23.2 Å². The first-order chi connectivity index (χ1) is 14.4. The van der Waals surface area contributed by atoms with Gasteiger partial charge in [-0.25, -0.2) is 9.97 Å². The molecule has 0 bridgehead atoms. The molecule has 2 aromatic heterocycles. The molecule has 0 unspecified atom stereocenters. The zero-order valence-electron chi connectivity index (χ0n) is 17.5. The Balaban J connectivity index is 1.56. The fourth-order valence-corrected chi connectivity index (χ4v) is 6.70. The SMILES string of the molecule is CN(C)C1CCC(Nc2ncnc3sc4c(c23)CN(S(=O)(=O)NCCO)CC4)CC1. The summed E-state index contributed by atoms with van der Waals surface area (Å²) in [6, 6.07) is 0.997. The van der Waals surface area contributed by atoms with Gasteiger partial charge in [0.2, 0.25) is 0 Å². The van der Waals surface area contributed by atoms with Crippen LogP contribution in [0.2, 0.25) is 0 Å². The number of fused-ring (bicyclic) bond motifs is 3. The summed E-state index contributed by atoms with van der Waals surface area (Å²) < 4.78 is 29.0. The van der Waals surface area contributed by atoms with Gasteiger partial charge in [-0.05, 0) is 51.8 Å². The summed E-state index contributed by atoms with van der Waals surface area (Å²) in [5.74, 6) is 0.813. The number of aliphatic hydroxyl groups excluding tert-OH is 1. The molecule has 0 amide bonds. The highest BCUT2D eigenvalue weighted by molar-refractivity contribution is 7.87. The Hall–Kier alpha value is -1.37. The van der Waals surface area contributed by atoms with Crippen molar-refractivity contribution in [1.82, 2.24) is 23.9 Å². The largest absolute Gasteiger partial charge is 0.395 e. The number of hydrogen-bond acceptors (Lipinski definition) is 8. The number of rotatable bonds is 7. The van der Waals surface area contributed by atoms with Crippen molar-refractivity contribution < 1.29 is 13.5 Å². The van der Waals surface area contributed by atoms with E-state index in [4.69, 9.17) is 5.11 Å². The molecule has 9 nitrogen and oxygen atoms in total. The highest BCUT2D eigenvalue weighted by atomic mass is 32.2. The highest BCUT2D eigenvalue weighted by Crippen LogP contribution is 2.38. The van der Waals surface area contributed by atoms with E-state index in [-0.39, 0.29) is 13.2 Å². The summed E-state index contributed by atoms with van der Waals surface area (Å²) in [5.41, 5.74) is 1.00. The van der Waals surface area contributed by atoms with Gasteiger partial charge in [0.15, 0.2) is 0 Å². The molecule has 0 atom stereocenters. The first-order valence-corrected chi connectivity index (χ1v) is 12.7. The molecule has 166 valence electrons. The molecule has 1 fully saturated rings. The van der Waals surface area contributed by atoms with Crippen LogP contribution in [0, 0.1) is 0 Å². The van der Waals surface area contributed by atoms with Crippen LogP contribution in [0.15, 0.2) is 6.33 Å². The van der Waals surface area contributed by atoms with Crippen molar-refractivity contribution in [3.63, 3.8) is 0 Å². The molecule has 2 aromatic rings. The van der Waals surface area contributed by atoms with E-state index < -0.39 is 10.2 Å². The van der Waals surface area contributed by atoms with E-state index >= 15 is 0 Å². The molecule has 2 aliphatic rings. The van der Waals surface area contributed by atoms with Crippen LogP contribution in [0.4, 0.5) is 5.82 Å². The van der Waals surface area contributed by atoms with Crippen LogP contribution in [-0.4, -0.2) is 78.6 Å². The third-order valence-electron chi connectivity index (χ3n) is 6.10. The lowest BCUT2D eigenvalue weighted by Gasteiger charge is -2.33. The summed E-state index contributed by atoms with van der Waals surface area (Å²) in [4.78, 5) is 13.4. The van der Waals surface area contributed by atoms with Gasteiger partial charge in [-0.1, -0.05) is 0 Å². The molecule has 1 aliphatic heterocycles. The molecular formula is C19H30N6O3S2. The zero-order valence-corrected chi connectivity index (χ0v) is 19.1. The normalized spacial score (nSPS) is 23.1. The first kappa shape index (κ1) is 21.8. The maximum absolute atomic E-state index is 12.6. The van der Waals surface area contributed by atoms with Crippen molar-refractivity contribution in [3.8, 4) is 0 Å². The average molecular weight is 455 g/mol. The zero-order chi connectivity index (χ0) is 21.3. The van der Waals surface area contributed by atoms with E-state index in [1.54, 1.807) is 17.7 Å². The Bertz CT molecular complexity index is 986. The predicted molar refractivity (Wildman–Crippen MR) is 119 cm³/mol. The number of hydrogen-bond donors (Lipinski definition) is 3. The van der Waals surface area contributed by atoms with Gasteiger partial charge in [-0.2, -0.15) is 17.4 Å². The summed E-state index contributed by atoms with van der Waals surface area (Å²) in [7, 11) is 0.649. The van der Waals surface area contributed by atoms with Crippen molar-refractivity contribution in [3.05, 3.63) is 16.8 Å². The number of thiophene rings is 1. The van der Waals surface area contributed by atoms with Gasteiger partial charge in [0.25, 0.3) is 10.2 Å². The molecule has 1 aliphatic carbocycles. The fraction of sp³-hybridized carbons (Fsp3) is 0.684. The van der Waals surface area contributed by atoms with Crippen LogP contribution in [0.1, 0.15) is 36.1 Å². The fourth-order valence-electron chi connectivity index (χ4n) is 4.40. The minimum absolute atomic E-state index is 0.0155. The van der Waals surface area contributed by atoms with Crippen molar-refractivity contribution in [2.24, 2.45) is 0 Å². The Morgan fingerprint density at radius 3 is 2.73 bits per heavy atom. The molecule has 3 N–H and O–H groups in total. The second kappa shape index (κ2) is 9.01. The minimum Gasteiger partial charge on any atom is -0.395 e. The van der Waals surface area contributed by atoms with E-state index in [1.807, 2.05) is 0 Å². The molecule has 1 saturated carbocycles. The maximum Gasteiger partial charge on any atom is 0.279 e. The van der Waals surface area contributed by atoms with Gasteiger partial charge in [-0.15, -0.1) is 11.3 Å². The Labute approximate surface area is 181 Å². The lowest BCUT2D eigenvalue weighted by molar-refractivity contribution is 0.221. The monoisotopic (exact) mass is 454 g/mol. The number of nitrogens with zero attached hydrogens (tertiary/aromatic N) is 4. The average Bonchev–Trinajstić information content (AvgIpc) is 3.11. The summed E-state index contributed by atoms with van der Waals surface area (Å²) in [6.45, 7) is 0.510. The molecule has 0 spiro atoms. The standard InChI is InChI=1S/C19H30N6O3S2/c1-24(2)14-5-3-13(4-6-14)23-18-17-15-11-25(30(27,28)22-8-10-26)9-7-16(15)29-19(17)21-12-20-18/h12-14,22,26H,3-11H2,1-2H3,(H,20,21,23). The van der Waals surface area contributed by atoms with Crippen LogP contribution in [0.25, 0.3) is 10.2 Å². The molecule has 11 heteroatoms. The highest BCUT2D eigenvalue weighted by Gasteiger charge is 2.31. The molecule has 30 heavy (non-hydrogen) atoms. The molecule has 0 saturated heterocycles. The second-order valence-electron chi connectivity index (χ2n) is 8.23. The van der Waals surface area contributed by atoms with Crippen molar-refractivity contribution in [2.45, 2.75) is 50.7 Å². The van der Waals surface area contributed by atoms with Gasteiger partial charge in [-0.3, -0.25) is 0 Å². The van der Waals surface area contributed by atoms with E-state index in [2.05, 4.69) is 39.0 Å². The quantitative estimate of drug-likeness (QED) is 0.576. The van der Waals surface area contributed by atoms with Gasteiger partial charge in [0, 0.05) is 36.6 Å². The number of nitrogens with one attached hydrogen (secondary N) is 2. The number of aliphatic hydroxyl groups is 1. The Morgan fingerprint density at radius 1 is 1.27 bits per heavy atom. The molecule has 0 radical (unpaired) electrons.